The van der Waals surface area contributed by atoms with E-state index in [0.717, 1.165) is 4.47 Å². The van der Waals surface area contributed by atoms with Gasteiger partial charge in [-0.25, -0.2) is 10.4 Å². The number of hydrogen-bond donors (Lipinski definition) is 6. The summed E-state index contributed by atoms with van der Waals surface area (Å²) in [4.78, 5) is 5.38. The van der Waals surface area contributed by atoms with E-state index >= 15 is 0 Å². The minimum atomic E-state index is -3.34. The number of thioether (sulfide) groups is 1. The summed E-state index contributed by atoms with van der Waals surface area (Å²) < 4.78 is 25.7. The normalized spacial score (nSPS) is 24.4. The first-order valence-electron chi connectivity index (χ1n) is 9.93. The van der Waals surface area contributed by atoms with Gasteiger partial charge in [0.15, 0.2) is 5.17 Å². The van der Waals surface area contributed by atoms with Crippen LogP contribution >= 0.6 is 38.5 Å². The fraction of sp³-hybridized carbons (Fsp3) is 0.318. The molecule has 0 radical (unpaired) electrons. The number of benzene rings is 1. The van der Waals surface area contributed by atoms with Gasteiger partial charge in [0.2, 0.25) is 0 Å². The highest BCUT2D eigenvalue weighted by molar-refractivity contribution is 9.10. The lowest BCUT2D eigenvalue weighted by molar-refractivity contribution is 0.201. The van der Waals surface area contributed by atoms with E-state index < -0.39 is 22.1 Å². The molecule has 172 valence electrons. The van der Waals surface area contributed by atoms with Crippen molar-refractivity contribution in [2.45, 2.75) is 31.6 Å². The highest BCUT2D eigenvalue weighted by Gasteiger charge is 2.42. The summed E-state index contributed by atoms with van der Waals surface area (Å²) in [6, 6.07) is 6.82. The maximum absolute atomic E-state index is 11.4. The lowest BCUT2D eigenvalue weighted by atomic mass is 9.72. The number of amidine groups is 1. The number of nitrogens with zero attached hydrogens (tertiary/aromatic N) is 1. The second-order valence-corrected chi connectivity index (χ2v) is 11.3. The van der Waals surface area contributed by atoms with Crippen molar-refractivity contribution in [2.75, 3.05) is 6.67 Å². The van der Waals surface area contributed by atoms with Crippen LogP contribution < -0.4 is 15.6 Å². The first-order valence-corrected chi connectivity index (χ1v) is 13.1. The third-order valence-electron chi connectivity index (χ3n) is 5.31. The first-order chi connectivity index (χ1) is 15.2. The third-order valence-corrected chi connectivity index (χ3v) is 8.32. The smallest absolute Gasteiger partial charge is 0.177 e. The molecule has 0 saturated heterocycles. The van der Waals surface area contributed by atoms with Crippen LogP contribution in [0.5, 0.6) is 0 Å². The Labute approximate surface area is 203 Å². The predicted octanol–water partition coefficient (Wildman–Crippen LogP) is 5.50. The number of aliphatic hydroxyl groups excluding tert-OH is 1. The summed E-state index contributed by atoms with van der Waals surface area (Å²) in [5, 5.41) is 12.0. The van der Waals surface area contributed by atoms with Crippen LogP contribution in [0.2, 0.25) is 0 Å². The van der Waals surface area contributed by atoms with Gasteiger partial charge < -0.3 is 5.11 Å². The second-order valence-electron chi connectivity index (χ2n) is 7.57. The lowest BCUT2D eigenvalue weighted by Gasteiger charge is -2.40. The molecule has 2 atom stereocenters. The molecule has 1 heterocycles. The molecule has 3 rings (SSSR count). The van der Waals surface area contributed by atoms with Gasteiger partial charge in [-0.15, -0.1) is 12.3 Å². The number of halogens is 1. The monoisotopic (exact) mass is 538 g/mol. The summed E-state index contributed by atoms with van der Waals surface area (Å²) in [7, 11) is -3.34. The highest BCUT2D eigenvalue weighted by atomic mass is 79.9. The Kier molecular flexibility index (Phi) is 8.03. The van der Waals surface area contributed by atoms with Crippen LogP contribution in [0, 0.1) is 23.7 Å². The molecule has 1 aliphatic heterocycles. The van der Waals surface area contributed by atoms with Crippen molar-refractivity contribution in [3.63, 3.8) is 0 Å². The number of terminal acetylenes is 1. The number of rotatable bonds is 6. The molecule has 0 fully saturated rings. The third kappa shape index (κ3) is 5.36. The number of aliphatic hydroxyl groups is 1. The Bertz CT molecular complexity index is 1010. The van der Waals surface area contributed by atoms with E-state index in [1.54, 1.807) is 24.3 Å². The number of aliphatic imine (C=N–C) groups is 1. The van der Waals surface area contributed by atoms with Gasteiger partial charge in [-0.3, -0.25) is 19.3 Å². The van der Waals surface area contributed by atoms with Crippen molar-refractivity contribution >= 4 is 43.6 Å². The van der Waals surface area contributed by atoms with Crippen molar-refractivity contribution in [3.05, 3.63) is 63.3 Å². The zero-order valence-corrected chi connectivity index (χ0v) is 21.0. The van der Waals surface area contributed by atoms with Crippen LogP contribution in [0.3, 0.4) is 0 Å². The van der Waals surface area contributed by atoms with Crippen LogP contribution in [-0.4, -0.2) is 26.0 Å². The first kappa shape index (κ1) is 24.8. The van der Waals surface area contributed by atoms with Gasteiger partial charge >= 0.3 is 0 Å². The number of nitrogens with one attached hydrogen (secondary N) is 3. The van der Waals surface area contributed by atoms with Crippen molar-refractivity contribution < 1.29 is 14.2 Å². The minimum absolute atomic E-state index is 0.174. The van der Waals surface area contributed by atoms with Crippen LogP contribution in [0.1, 0.15) is 26.7 Å². The summed E-state index contributed by atoms with van der Waals surface area (Å²) in [6.45, 7) is 4.22. The van der Waals surface area contributed by atoms with Gasteiger partial charge in [0.1, 0.15) is 12.4 Å². The Balaban J connectivity index is 2.02. The van der Waals surface area contributed by atoms with E-state index in [1.165, 1.54) is 11.8 Å². The standard InChI is InChI=1S/C22H27BrN4O3S2/c1-4-6-17-18(27-32(29,30)16-9-7-15(23)8-10-16)11-12-19(31-21-24-14-25-26-21)20(28)22(17,3)13-5-2/h2,4,6-11,17,25,27-30H,12-14H2,1,3H3,(H,24,26)/b6-4-. The van der Waals surface area contributed by atoms with Gasteiger partial charge in [-0.1, -0.05) is 63.6 Å². The van der Waals surface area contributed by atoms with Crippen molar-refractivity contribution in [2.24, 2.45) is 16.3 Å². The van der Waals surface area contributed by atoms with Gasteiger partial charge in [0, 0.05) is 39.2 Å². The Morgan fingerprint density at radius 3 is 2.72 bits per heavy atom. The number of hydrogen-bond acceptors (Lipinski definition) is 8. The molecule has 0 aromatic heterocycles. The molecular weight excluding hydrogens is 512 g/mol. The van der Waals surface area contributed by atoms with Gasteiger partial charge in [0.25, 0.3) is 0 Å². The Hall–Kier alpha value is -1.87. The van der Waals surface area contributed by atoms with Crippen molar-refractivity contribution in [3.8, 4) is 12.3 Å². The predicted molar refractivity (Wildman–Crippen MR) is 137 cm³/mol. The summed E-state index contributed by atoms with van der Waals surface area (Å²) in [5.74, 6) is 2.46. The lowest BCUT2D eigenvalue weighted by Crippen LogP contribution is -2.35. The van der Waals surface area contributed by atoms with Crippen molar-refractivity contribution in [1.82, 2.24) is 15.6 Å². The fourth-order valence-corrected chi connectivity index (χ4v) is 6.05. The van der Waals surface area contributed by atoms with Gasteiger partial charge in [0.05, 0.1) is 4.90 Å². The van der Waals surface area contributed by atoms with E-state index in [-0.39, 0.29) is 12.2 Å². The van der Waals surface area contributed by atoms with Gasteiger partial charge in [-0.05, 0) is 31.2 Å². The van der Waals surface area contributed by atoms with Crippen LogP contribution in [-0.2, 0) is 0 Å². The largest absolute Gasteiger partial charge is 0.511 e. The molecule has 1 aromatic carbocycles. The molecule has 2 aliphatic rings. The van der Waals surface area contributed by atoms with Crippen LogP contribution in [0.25, 0.3) is 0 Å². The molecular formula is C22H27BrN4O3S2. The molecule has 1 aromatic rings. The molecule has 0 amide bonds. The van der Waals surface area contributed by atoms with E-state index in [0.29, 0.717) is 33.8 Å². The molecule has 2 unspecified atom stereocenters. The van der Waals surface area contributed by atoms with Crippen LogP contribution in [0.15, 0.2) is 73.2 Å². The average Bonchev–Trinajstić information content (AvgIpc) is 3.24. The summed E-state index contributed by atoms with van der Waals surface area (Å²) in [5.41, 5.74) is 5.60. The molecule has 10 heteroatoms. The zero-order chi connectivity index (χ0) is 23.4. The van der Waals surface area contributed by atoms with E-state index in [4.69, 9.17) is 6.42 Å². The quantitative estimate of drug-likeness (QED) is 0.209. The minimum Gasteiger partial charge on any atom is -0.511 e. The molecule has 7 nitrogen and oxygen atoms in total. The molecule has 1 aliphatic carbocycles. The maximum Gasteiger partial charge on any atom is 0.177 e. The van der Waals surface area contributed by atoms with E-state index in [1.807, 2.05) is 32.1 Å². The molecule has 0 saturated carbocycles. The number of hydrazine groups is 1. The SMILES string of the molecule is C#CCC1(C)C(O)=C(SC2=NCNN2)CC=C(NS(O)(O)c2ccc(Br)cc2)C1/C=C\C. The van der Waals surface area contributed by atoms with E-state index in [9.17, 15) is 14.2 Å². The van der Waals surface area contributed by atoms with E-state index in [2.05, 4.69) is 42.4 Å². The molecule has 0 spiro atoms. The fourth-order valence-electron chi connectivity index (χ4n) is 3.63. The average molecular weight is 540 g/mol. The van der Waals surface area contributed by atoms with Crippen molar-refractivity contribution in [1.29, 1.82) is 0 Å². The molecule has 0 bridgehead atoms. The Morgan fingerprint density at radius 1 is 1.41 bits per heavy atom. The topological polar surface area (TPSA) is 109 Å². The second kappa shape index (κ2) is 10.4. The summed E-state index contributed by atoms with van der Waals surface area (Å²) in [6.07, 6.45) is 12.0. The molecule has 6 N–H and O–H groups in total. The summed E-state index contributed by atoms with van der Waals surface area (Å²) >= 11 is 4.70. The van der Waals surface area contributed by atoms with Crippen LogP contribution in [0.4, 0.5) is 0 Å². The molecule has 32 heavy (non-hydrogen) atoms. The Morgan fingerprint density at radius 2 is 2.12 bits per heavy atom. The van der Waals surface area contributed by atoms with Gasteiger partial charge in [-0.2, -0.15) is 0 Å². The zero-order valence-electron chi connectivity index (χ0n) is 17.8. The maximum atomic E-state index is 11.4. The number of allylic oxidation sites excluding steroid dienone is 5. The highest BCUT2D eigenvalue weighted by Crippen LogP contribution is 2.52.